The van der Waals surface area contributed by atoms with Gasteiger partial charge in [0.05, 0.1) is 19.3 Å². The maximum absolute atomic E-state index is 12.3. The van der Waals surface area contributed by atoms with Gasteiger partial charge in [-0.2, -0.15) is 0 Å². The van der Waals surface area contributed by atoms with Gasteiger partial charge in [-0.3, -0.25) is 9.69 Å². The average molecular weight is 405 g/mol. The number of thioether (sulfide) groups is 1. The van der Waals surface area contributed by atoms with Crippen molar-refractivity contribution in [3.63, 3.8) is 0 Å². The molecule has 2 aromatic rings. The number of carbonyl (C=O) groups is 1. The Kier molecular flexibility index (Phi) is 8.02. The highest BCUT2D eigenvalue weighted by molar-refractivity contribution is 7.99. The predicted octanol–water partition coefficient (Wildman–Crippen LogP) is 4.01. The SMILES string of the molecule is O=C(CCSc1ccccc1)NCC(c1ccc(Cl)cc1)N1CCOCC1. The van der Waals surface area contributed by atoms with Gasteiger partial charge < -0.3 is 10.1 Å². The lowest BCUT2D eigenvalue weighted by atomic mass is 10.0. The Morgan fingerprint density at radius 2 is 1.81 bits per heavy atom. The third-order valence-electron chi connectivity index (χ3n) is 4.57. The van der Waals surface area contributed by atoms with Crippen LogP contribution in [0.15, 0.2) is 59.5 Å². The van der Waals surface area contributed by atoms with E-state index in [1.807, 2.05) is 42.5 Å². The van der Waals surface area contributed by atoms with Crippen LogP contribution in [0, 0.1) is 0 Å². The highest BCUT2D eigenvalue weighted by atomic mass is 35.5. The number of benzene rings is 2. The molecule has 0 aromatic heterocycles. The molecular formula is C21H25ClN2O2S. The van der Waals surface area contributed by atoms with Gasteiger partial charge in [0.1, 0.15) is 0 Å². The fraction of sp³-hybridized carbons (Fsp3) is 0.381. The normalized spacial score (nSPS) is 16.0. The first kappa shape index (κ1) is 20.2. The van der Waals surface area contributed by atoms with Crippen LogP contribution in [0.5, 0.6) is 0 Å². The number of nitrogens with zero attached hydrogens (tertiary/aromatic N) is 1. The highest BCUT2D eigenvalue weighted by Crippen LogP contribution is 2.23. The third-order valence-corrected chi connectivity index (χ3v) is 5.84. The standard InChI is InChI=1S/C21H25ClN2O2S/c22-18-8-6-17(7-9-18)20(24-11-13-26-14-12-24)16-23-21(25)10-15-27-19-4-2-1-3-5-19/h1-9,20H,10-16H2,(H,23,25). The van der Waals surface area contributed by atoms with E-state index in [0.29, 0.717) is 13.0 Å². The second kappa shape index (κ2) is 10.7. The van der Waals surface area contributed by atoms with Crippen molar-refractivity contribution in [3.05, 3.63) is 65.2 Å². The van der Waals surface area contributed by atoms with Gasteiger partial charge >= 0.3 is 0 Å². The van der Waals surface area contributed by atoms with Crippen LogP contribution in [0.2, 0.25) is 5.02 Å². The zero-order valence-electron chi connectivity index (χ0n) is 15.3. The Morgan fingerprint density at radius 3 is 2.52 bits per heavy atom. The van der Waals surface area contributed by atoms with Crippen molar-refractivity contribution in [1.29, 1.82) is 0 Å². The molecular weight excluding hydrogens is 380 g/mol. The summed E-state index contributed by atoms with van der Waals surface area (Å²) in [5.41, 5.74) is 1.17. The third kappa shape index (κ3) is 6.54. The van der Waals surface area contributed by atoms with E-state index in [1.54, 1.807) is 11.8 Å². The molecule has 27 heavy (non-hydrogen) atoms. The molecule has 0 aliphatic carbocycles. The van der Waals surface area contributed by atoms with E-state index >= 15 is 0 Å². The number of hydrogen-bond acceptors (Lipinski definition) is 4. The van der Waals surface area contributed by atoms with Gasteiger partial charge in [-0.25, -0.2) is 0 Å². The van der Waals surface area contributed by atoms with Gasteiger partial charge in [0.25, 0.3) is 0 Å². The van der Waals surface area contributed by atoms with Crippen LogP contribution in [-0.4, -0.2) is 49.4 Å². The summed E-state index contributed by atoms with van der Waals surface area (Å²) in [4.78, 5) is 15.9. The van der Waals surface area contributed by atoms with E-state index in [-0.39, 0.29) is 11.9 Å². The first-order chi connectivity index (χ1) is 13.2. The van der Waals surface area contributed by atoms with Crippen LogP contribution in [-0.2, 0) is 9.53 Å². The molecule has 3 rings (SSSR count). The zero-order valence-corrected chi connectivity index (χ0v) is 16.8. The molecule has 2 aromatic carbocycles. The molecule has 1 aliphatic rings. The molecule has 1 amide bonds. The van der Waals surface area contributed by atoms with E-state index in [2.05, 4.69) is 22.3 Å². The molecule has 1 aliphatic heterocycles. The maximum atomic E-state index is 12.3. The molecule has 0 spiro atoms. The van der Waals surface area contributed by atoms with Crippen molar-refractivity contribution in [2.24, 2.45) is 0 Å². The summed E-state index contributed by atoms with van der Waals surface area (Å²) in [6, 6.07) is 18.2. The number of hydrogen-bond donors (Lipinski definition) is 1. The monoisotopic (exact) mass is 404 g/mol. The second-order valence-corrected chi connectivity index (χ2v) is 8.04. The van der Waals surface area contributed by atoms with Crippen LogP contribution < -0.4 is 5.32 Å². The summed E-state index contributed by atoms with van der Waals surface area (Å²) in [5.74, 6) is 0.865. The molecule has 1 saturated heterocycles. The molecule has 0 saturated carbocycles. The Bertz CT molecular complexity index is 706. The van der Waals surface area contributed by atoms with Crippen LogP contribution in [0.1, 0.15) is 18.0 Å². The van der Waals surface area contributed by atoms with Crippen molar-refractivity contribution in [2.45, 2.75) is 17.4 Å². The molecule has 6 heteroatoms. The summed E-state index contributed by atoms with van der Waals surface area (Å²) in [6.07, 6.45) is 0.510. The molecule has 0 radical (unpaired) electrons. The lowest BCUT2D eigenvalue weighted by Gasteiger charge is -2.35. The molecule has 1 heterocycles. The van der Waals surface area contributed by atoms with Crippen molar-refractivity contribution in [2.75, 3.05) is 38.6 Å². The summed E-state index contributed by atoms with van der Waals surface area (Å²) in [6.45, 7) is 3.79. The molecule has 1 unspecified atom stereocenters. The van der Waals surface area contributed by atoms with Crippen molar-refractivity contribution >= 4 is 29.3 Å². The van der Waals surface area contributed by atoms with E-state index in [1.165, 1.54) is 10.5 Å². The van der Waals surface area contributed by atoms with Gasteiger partial charge in [-0.05, 0) is 29.8 Å². The van der Waals surface area contributed by atoms with E-state index in [4.69, 9.17) is 16.3 Å². The van der Waals surface area contributed by atoms with Crippen LogP contribution in [0.4, 0.5) is 0 Å². The lowest BCUT2D eigenvalue weighted by Crippen LogP contribution is -2.43. The number of rotatable bonds is 8. The number of carbonyl (C=O) groups excluding carboxylic acids is 1. The van der Waals surface area contributed by atoms with Crippen LogP contribution >= 0.6 is 23.4 Å². The molecule has 0 bridgehead atoms. The van der Waals surface area contributed by atoms with E-state index in [9.17, 15) is 4.79 Å². The Balaban J connectivity index is 1.52. The summed E-state index contributed by atoms with van der Waals surface area (Å²) in [7, 11) is 0. The lowest BCUT2D eigenvalue weighted by molar-refractivity contribution is -0.121. The molecule has 1 fully saturated rings. The number of ether oxygens (including phenoxy) is 1. The minimum Gasteiger partial charge on any atom is -0.379 e. The largest absolute Gasteiger partial charge is 0.379 e. The van der Waals surface area contributed by atoms with Crippen LogP contribution in [0.3, 0.4) is 0 Å². The Hall–Kier alpha value is -1.53. The molecule has 144 valence electrons. The first-order valence-electron chi connectivity index (χ1n) is 9.24. The summed E-state index contributed by atoms with van der Waals surface area (Å²) >= 11 is 7.74. The summed E-state index contributed by atoms with van der Waals surface area (Å²) in [5, 5.41) is 3.84. The highest BCUT2D eigenvalue weighted by Gasteiger charge is 2.23. The van der Waals surface area contributed by atoms with Crippen molar-refractivity contribution in [3.8, 4) is 0 Å². The topological polar surface area (TPSA) is 41.6 Å². The van der Waals surface area contributed by atoms with Crippen molar-refractivity contribution in [1.82, 2.24) is 10.2 Å². The Labute approximate surface area is 170 Å². The van der Waals surface area contributed by atoms with Gasteiger partial charge in [0, 0.05) is 41.7 Å². The van der Waals surface area contributed by atoms with Crippen molar-refractivity contribution < 1.29 is 9.53 Å². The Morgan fingerprint density at radius 1 is 1.11 bits per heavy atom. The fourth-order valence-electron chi connectivity index (χ4n) is 3.11. The quantitative estimate of drug-likeness (QED) is 0.675. The number of amides is 1. The average Bonchev–Trinajstić information content (AvgIpc) is 2.71. The number of halogens is 1. The predicted molar refractivity (Wildman–Crippen MR) is 111 cm³/mol. The molecule has 4 nitrogen and oxygen atoms in total. The number of nitrogens with one attached hydrogen (secondary N) is 1. The maximum Gasteiger partial charge on any atom is 0.220 e. The summed E-state index contributed by atoms with van der Waals surface area (Å²) < 4.78 is 5.47. The fourth-order valence-corrected chi connectivity index (χ4v) is 4.11. The van der Waals surface area contributed by atoms with Gasteiger partial charge in [-0.15, -0.1) is 11.8 Å². The van der Waals surface area contributed by atoms with Gasteiger partial charge in [0.15, 0.2) is 0 Å². The van der Waals surface area contributed by atoms with E-state index in [0.717, 1.165) is 37.1 Å². The van der Waals surface area contributed by atoms with Crippen LogP contribution in [0.25, 0.3) is 0 Å². The zero-order chi connectivity index (χ0) is 18.9. The van der Waals surface area contributed by atoms with Gasteiger partial charge in [-0.1, -0.05) is 41.9 Å². The molecule has 1 N–H and O–H groups in total. The smallest absolute Gasteiger partial charge is 0.220 e. The first-order valence-corrected chi connectivity index (χ1v) is 10.6. The minimum absolute atomic E-state index is 0.0886. The van der Waals surface area contributed by atoms with Gasteiger partial charge in [0.2, 0.25) is 5.91 Å². The number of morpholine rings is 1. The minimum atomic E-state index is 0.0886. The van der Waals surface area contributed by atoms with E-state index < -0.39 is 0 Å². The second-order valence-electron chi connectivity index (χ2n) is 6.43. The molecule has 1 atom stereocenters.